The average molecular weight is 224 g/mol. The summed E-state index contributed by atoms with van der Waals surface area (Å²) in [6, 6.07) is 0. The van der Waals surface area contributed by atoms with E-state index in [1.807, 2.05) is 0 Å². The summed E-state index contributed by atoms with van der Waals surface area (Å²) in [6.07, 6.45) is 1.20. The van der Waals surface area contributed by atoms with Crippen LogP contribution in [0.2, 0.25) is 0 Å². The van der Waals surface area contributed by atoms with Crippen molar-refractivity contribution in [3.05, 3.63) is 24.0 Å². The van der Waals surface area contributed by atoms with E-state index < -0.39 is 5.97 Å². The highest BCUT2D eigenvalue weighted by atomic mass is 16.4. The Morgan fingerprint density at radius 3 is 2.81 bits per heavy atom. The van der Waals surface area contributed by atoms with Gasteiger partial charge < -0.3 is 10.4 Å². The predicted molar refractivity (Wildman–Crippen MR) is 54.8 cm³/mol. The molecule has 0 bridgehead atoms. The smallest absolute Gasteiger partial charge is 0.358 e. The first kappa shape index (κ1) is 11.9. The third-order valence-corrected chi connectivity index (χ3v) is 1.65. The van der Waals surface area contributed by atoms with Crippen molar-refractivity contribution in [2.45, 2.75) is 13.5 Å². The van der Waals surface area contributed by atoms with Gasteiger partial charge >= 0.3 is 5.97 Å². The first-order valence-electron chi connectivity index (χ1n) is 4.53. The van der Waals surface area contributed by atoms with E-state index in [0.717, 1.165) is 10.3 Å². The maximum Gasteiger partial charge on any atom is 0.358 e. The topological polar surface area (TPSA) is 97.1 Å². The van der Waals surface area contributed by atoms with E-state index in [4.69, 9.17) is 5.11 Å². The number of hydrogen-bond acceptors (Lipinski definition) is 4. The summed E-state index contributed by atoms with van der Waals surface area (Å²) >= 11 is 0. The number of carboxylic acid groups (broad SMARTS) is 1. The molecule has 1 aromatic heterocycles. The number of nitrogens with zero attached hydrogens (tertiary/aromatic N) is 3. The standard InChI is InChI=1S/C9H12N4O3/c1-6(2)3-10-8(14)5-13-4-7(9(15)16)11-12-13/h4H,1,3,5H2,2H3,(H,10,14)(H,15,16). The molecule has 0 aliphatic rings. The van der Waals surface area contributed by atoms with Crippen LogP contribution < -0.4 is 5.32 Å². The third kappa shape index (κ3) is 3.52. The van der Waals surface area contributed by atoms with Crippen molar-refractivity contribution in [2.24, 2.45) is 0 Å². The molecule has 86 valence electrons. The first-order valence-corrected chi connectivity index (χ1v) is 4.53. The molecule has 0 saturated carbocycles. The van der Waals surface area contributed by atoms with Crippen LogP contribution >= 0.6 is 0 Å². The Hall–Kier alpha value is -2.18. The van der Waals surface area contributed by atoms with E-state index in [-0.39, 0.29) is 18.1 Å². The van der Waals surface area contributed by atoms with Gasteiger partial charge in [-0.15, -0.1) is 5.10 Å². The lowest BCUT2D eigenvalue weighted by molar-refractivity contribution is -0.121. The molecule has 0 unspecified atom stereocenters. The van der Waals surface area contributed by atoms with E-state index in [2.05, 4.69) is 22.2 Å². The van der Waals surface area contributed by atoms with Gasteiger partial charge in [-0.1, -0.05) is 17.4 Å². The maximum absolute atomic E-state index is 11.3. The van der Waals surface area contributed by atoms with Gasteiger partial charge in [0.25, 0.3) is 0 Å². The number of amides is 1. The molecular formula is C9H12N4O3. The highest BCUT2D eigenvalue weighted by molar-refractivity contribution is 5.84. The number of nitrogens with one attached hydrogen (secondary N) is 1. The van der Waals surface area contributed by atoms with E-state index in [1.54, 1.807) is 6.92 Å². The molecule has 0 aliphatic carbocycles. The summed E-state index contributed by atoms with van der Waals surface area (Å²) in [6.45, 7) is 5.75. The highest BCUT2D eigenvalue weighted by Crippen LogP contribution is 1.92. The van der Waals surface area contributed by atoms with Crippen LogP contribution in [0, 0.1) is 0 Å². The zero-order valence-electron chi connectivity index (χ0n) is 8.80. The summed E-state index contributed by atoms with van der Waals surface area (Å²) in [4.78, 5) is 21.8. The van der Waals surface area contributed by atoms with Crippen molar-refractivity contribution in [1.29, 1.82) is 0 Å². The lowest BCUT2D eigenvalue weighted by Crippen LogP contribution is -2.28. The Balaban J connectivity index is 2.49. The second-order valence-electron chi connectivity index (χ2n) is 3.34. The molecule has 0 atom stereocenters. The molecular weight excluding hydrogens is 212 g/mol. The predicted octanol–water partition coefficient (Wildman–Crippen LogP) is -0.331. The molecule has 16 heavy (non-hydrogen) atoms. The zero-order valence-corrected chi connectivity index (χ0v) is 8.80. The minimum Gasteiger partial charge on any atom is -0.476 e. The third-order valence-electron chi connectivity index (χ3n) is 1.65. The van der Waals surface area contributed by atoms with E-state index in [1.165, 1.54) is 6.20 Å². The summed E-state index contributed by atoms with van der Waals surface area (Å²) in [7, 11) is 0. The van der Waals surface area contributed by atoms with Gasteiger partial charge in [0.15, 0.2) is 5.69 Å². The fourth-order valence-corrected chi connectivity index (χ4v) is 0.926. The summed E-state index contributed by atoms with van der Waals surface area (Å²) in [5.74, 6) is -1.45. The molecule has 0 saturated heterocycles. The zero-order chi connectivity index (χ0) is 12.1. The lowest BCUT2D eigenvalue weighted by atomic mass is 10.3. The molecule has 0 radical (unpaired) electrons. The van der Waals surface area contributed by atoms with Gasteiger partial charge in [-0.3, -0.25) is 4.79 Å². The quantitative estimate of drug-likeness (QED) is 0.667. The number of rotatable bonds is 5. The normalized spacial score (nSPS) is 9.81. The molecule has 1 amide bonds. The van der Waals surface area contributed by atoms with E-state index in [9.17, 15) is 9.59 Å². The molecule has 0 aliphatic heterocycles. The molecule has 0 fully saturated rings. The first-order chi connectivity index (χ1) is 7.49. The number of aromatic carboxylic acids is 1. The van der Waals surface area contributed by atoms with Gasteiger partial charge in [0.2, 0.25) is 5.91 Å². The molecule has 2 N–H and O–H groups in total. The number of carbonyl (C=O) groups excluding carboxylic acids is 1. The van der Waals surface area contributed by atoms with Crippen LogP contribution in [0.1, 0.15) is 17.4 Å². The van der Waals surface area contributed by atoms with Crippen molar-refractivity contribution in [2.75, 3.05) is 6.54 Å². The van der Waals surface area contributed by atoms with Gasteiger partial charge in [-0.25, -0.2) is 9.48 Å². The number of aromatic nitrogens is 3. The molecule has 1 rings (SSSR count). The fraction of sp³-hybridized carbons (Fsp3) is 0.333. The van der Waals surface area contributed by atoms with Crippen molar-refractivity contribution in [3.8, 4) is 0 Å². The molecule has 0 aromatic carbocycles. The molecule has 1 aromatic rings. The van der Waals surface area contributed by atoms with Crippen LogP contribution in [0.15, 0.2) is 18.3 Å². The van der Waals surface area contributed by atoms with Crippen molar-refractivity contribution >= 4 is 11.9 Å². The van der Waals surface area contributed by atoms with Gasteiger partial charge in [0.05, 0.1) is 6.20 Å². The Labute approximate surface area is 91.8 Å². The minimum atomic E-state index is -1.17. The van der Waals surface area contributed by atoms with Gasteiger partial charge in [-0.2, -0.15) is 0 Å². The fourth-order valence-electron chi connectivity index (χ4n) is 0.926. The average Bonchev–Trinajstić information content (AvgIpc) is 2.63. The van der Waals surface area contributed by atoms with Crippen LogP contribution in [0.3, 0.4) is 0 Å². The summed E-state index contributed by atoms with van der Waals surface area (Å²) in [5.41, 5.74) is 0.644. The van der Waals surface area contributed by atoms with Crippen LogP contribution in [-0.2, 0) is 11.3 Å². The Morgan fingerprint density at radius 2 is 2.31 bits per heavy atom. The molecule has 1 heterocycles. The summed E-state index contributed by atoms with van der Waals surface area (Å²) < 4.78 is 1.16. The Morgan fingerprint density at radius 1 is 1.62 bits per heavy atom. The van der Waals surface area contributed by atoms with Gasteiger partial charge in [0, 0.05) is 6.54 Å². The van der Waals surface area contributed by atoms with Crippen LogP contribution in [0.25, 0.3) is 0 Å². The molecule has 7 nitrogen and oxygen atoms in total. The lowest BCUT2D eigenvalue weighted by Gasteiger charge is -2.03. The van der Waals surface area contributed by atoms with Crippen molar-refractivity contribution in [1.82, 2.24) is 20.3 Å². The van der Waals surface area contributed by atoms with Crippen LogP contribution in [0.4, 0.5) is 0 Å². The van der Waals surface area contributed by atoms with Gasteiger partial charge in [0.1, 0.15) is 6.54 Å². The molecule has 0 spiro atoms. The van der Waals surface area contributed by atoms with Crippen molar-refractivity contribution in [3.63, 3.8) is 0 Å². The Bertz CT molecular complexity index is 424. The highest BCUT2D eigenvalue weighted by Gasteiger charge is 2.10. The SMILES string of the molecule is C=C(C)CNC(=O)Cn1cc(C(=O)O)nn1. The number of carboxylic acids is 1. The number of hydrogen-bond donors (Lipinski definition) is 2. The monoisotopic (exact) mass is 224 g/mol. The van der Waals surface area contributed by atoms with Crippen LogP contribution in [-0.4, -0.2) is 38.5 Å². The number of carbonyl (C=O) groups is 2. The van der Waals surface area contributed by atoms with E-state index in [0.29, 0.717) is 6.54 Å². The van der Waals surface area contributed by atoms with Crippen molar-refractivity contribution < 1.29 is 14.7 Å². The van der Waals surface area contributed by atoms with E-state index >= 15 is 0 Å². The second kappa shape index (κ2) is 5.06. The minimum absolute atomic E-state index is 0.0619. The maximum atomic E-state index is 11.3. The second-order valence-corrected chi connectivity index (χ2v) is 3.34. The van der Waals surface area contributed by atoms with Crippen LogP contribution in [0.5, 0.6) is 0 Å². The largest absolute Gasteiger partial charge is 0.476 e. The Kier molecular flexibility index (Phi) is 3.76. The summed E-state index contributed by atoms with van der Waals surface area (Å²) in [5, 5.41) is 18.1. The molecule has 7 heteroatoms. The van der Waals surface area contributed by atoms with Gasteiger partial charge in [-0.05, 0) is 6.92 Å².